The second kappa shape index (κ2) is 63.4. The van der Waals surface area contributed by atoms with Gasteiger partial charge in [-0.1, -0.05) is 353 Å². The second-order valence-electron chi connectivity index (χ2n) is 23.4. The quantitative estimate of drug-likeness (QED) is 0.0361. The van der Waals surface area contributed by atoms with Gasteiger partial charge in [0.1, 0.15) is 0 Å². The molecule has 73 heavy (non-hydrogen) atoms. The van der Waals surface area contributed by atoms with E-state index >= 15 is 0 Å². The molecule has 0 aliphatic carbocycles. The average Bonchev–Trinajstić information content (AvgIpc) is 3.39. The molecular formula is C68H133NO4. The molecular weight excluding hydrogens is 895 g/mol. The molecule has 4 N–H and O–H groups in total. The molecule has 0 saturated heterocycles. The van der Waals surface area contributed by atoms with E-state index in [2.05, 4.69) is 43.5 Å². The summed E-state index contributed by atoms with van der Waals surface area (Å²) in [6, 6.07) is -0.659. The van der Waals surface area contributed by atoms with E-state index in [0.717, 1.165) is 32.1 Å². The van der Waals surface area contributed by atoms with E-state index in [1.807, 2.05) is 0 Å². The second-order valence-corrected chi connectivity index (χ2v) is 23.4. The van der Waals surface area contributed by atoms with Crippen LogP contribution in [0.15, 0.2) is 24.3 Å². The molecule has 0 aromatic carbocycles. The van der Waals surface area contributed by atoms with Crippen LogP contribution in [0.2, 0.25) is 0 Å². The highest BCUT2D eigenvalue weighted by Crippen LogP contribution is 2.19. The van der Waals surface area contributed by atoms with Crippen molar-refractivity contribution in [3.8, 4) is 0 Å². The molecule has 0 saturated carbocycles. The van der Waals surface area contributed by atoms with Crippen molar-refractivity contribution in [3.63, 3.8) is 0 Å². The summed E-state index contributed by atoms with van der Waals surface area (Å²) in [5.41, 5.74) is 0. The van der Waals surface area contributed by atoms with Crippen molar-refractivity contribution in [3.05, 3.63) is 24.3 Å². The van der Waals surface area contributed by atoms with Gasteiger partial charge in [0, 0.05) is 0 Å². The van der Waals surface area contributed by atoms with E-state index in [9.17, 15) is 20.1 Å². The number of allylic oxidation sites excluding steroid dienone is 4. The van der Waals surface area contributed by atoms with Crippen LogP contribution in [-0.2, 0) is 4.79 Å². The maximum Gasteiger partial charge on any atom is 0.222 e. The van der Waals surface area contributed by atoms with Gasteiger partial charge in [-0.05, 0) is 44.9 Å². The van der Waals surface area contributed by atoms with Crippen LogP contribution in [0.5, 0.6) is 0 Å². The first-order chi connectivity index (χ1) is 36.0. The molecule has 0 rings (SSSR count). The van der Waals surface area contributed by atoms with E-state index in [0.29, 0.717) is 12.8 Å². The maximum atomic E-state index is 12.6. The van der Waals surface area contributed by atoms with Gasteiger partial charge >= 0.3 is 0 Å². The summed E-state index contributed by atoms with van der Waals surface area (Å²) in [7, 11) is 0. The van der Waals surface area contributed by atoms with Crippen molar-refractivity contribution in [1.82, 2.24) is 5.32 Å². The Hall–Kier alpha value is -1.17. The Labute approximate surface area is 458 Å². The minimum absolute atomic E-state index is 0.0398. The lowest BCUT2D eigenvalue weighted by atomic mass is 10.0. The molecule has 0 radical (unpaired) electrons. The summed E-state index contributed by atoms with van der Waals surface area (Å²) in [6.45, 7) is 4.31. The smallest absolute Gasteiger partial charge is 0.222 e. The van der Waals surface area contributed by atoms with Gasteiger partial charge < -0.3 is 20.6 Å². The summed E-state index contributed by atoms with van der Waals surface area (Å²) in [6.07, 6.45) is 82.4. The predicted octanol–water partition coefficient (Wildman–Crippen LogP) is 21.6. The monoisotopic (exact) mass is 1030 g/mol. The molecule has 1 amide bonds. The summed E-state index contributed by atoms with van der Waals surface area (Å²) in [5.74, 6) is -0.276. The van der Waals surface area contributed by atoms with Crippen LogP contribution in [0, 0.1) is 0 Å². The zero-order valence-electron chi connectivity index (χ0n) is 49.8. The molecule has 3 unspecified atom stereocenters. The van der Waals surface area contributed by atoms with Gasteiger partial charge in [-0.25, -0.2) is 0 Å². The molecule has 0 heterocycles. The Morgan fingerprint density at radius 3 is 0.863 bits per heavy atom. The molecule has 434 valence electrons. The van der Waals surface area contributed by atoms with Crippen LogP contribution in [0.4, 0.5) is 0 Å². The Bertz CT molecular complexity index is 1090. The van der Waals surface area contributed by atoms with Crippen molar-refractivity contribution >= 4 is 5.91 Å². The molecule has 0 aromatic rings. The van der Waals surface area contributed by atoms with Crippen LogP contribution in [0.25, 0.3) is 0 Å². The highest BCUT2D eigenvalue weighted by Gasteiger charge is 2.21. The third kappa shape index (κ3) is 59.9. The van der Waals surface area contributed by atoms with Crippen LogP contribution >= 0.6 is 0 Å². The minimum Gasteiger partial charge on any atom is -0.394 e. The highest BCUT2D eigenvalue weighted by molar-refractivity contribution is 5.76. The number of amides is 1. The molecule has 0 bridgehead atoms. The predicted molar refractivity (Wildman–Crippen MR) is 324 cm³/mol. The Balaban J connectivity index is 3.47. The molecule has 0 spiro atoms. The van der Waals surface area contributed by atoms with Crippen LogP contribution in [0.1, 0.15) is 380 Å². The van der Waals surface area contributed by atoms with Crippen LogP contribution in [0.3, 0.4) is 0 Å². The van der Waals surface area contributed by atoms with Crippen molar-refractivity contribution in [1.29, 1.82) is 0 Å². The number of carbonyl (C=O) groups excluding carboxylic acids is 1. The number of hydrogen-bond acceptors (Lipinski definition) is 4. The lowest BCUT2D eigenvalue weighted by molar-refractivity contribution is -0.125. The lowest BCUT2D eigenvalue weighted by Gasteiger charge is -2.23. The SMILES string of the molecule is CCCCCCCCCCCCC/C=C\C/C=C\CCCCCCCCCCCCCCCCCC(O)CC(=O)NC(CO)C(O)CCCCCCCCCCCCCCCCCCCCCCCCCCC. The standard InChI is InChI=1S/C68H133NO4/c1-3-5-7-9-11-13-15-17-19-21-23-25-27-29-30-31-32-33-34-35-36-38-39-41-43-45-47-49-51-53-55-57-59-61-65(71)63-68(73)69-66(64-70)67(72)62-60-58-56-54-52-50-48-46-44-42-40-37-28-26-24-22-20-18-16-14-12-10-8-6-4-2/h27,29,31-32,65-67,70-72H,3-26,28,30,33-64H2,1-2H3,(H,69,73)/b29-27-,32-31-. The molecule has 5 heteroatoms. The number of nitrogens with one attached hydrogen (secondary N) is 1. The van der Waals surface area contributed by atoms with E-state index in [4.69, 9.17) is 0 Å². The number of aliphatic hydroxyl groups is 3. The first-order valence-corrected chi connectivity index (χ1v) is 33.6. The molecule has 0 aromatic heterocycles. The number of rotatable bonds is 63. The first-order valence-electron chi connectivity index (χ1n) is 33.6. The summed E-state index contributed by atoms with van der Waals surface area (Å²) in [5, 5.41) is 33.8. The number of unbranched alkanes of at least 4 members (excludes halogenated alkanes) is 50. The van der Waals surface area contributed by atoms with Gasteiger partial charge in [0.15, 0.2) is 0 Å². The van der Waals surface area contributed by atoms with E-state index in [-0.39, 0.29) is 18.9 Å². The summed E-state index contributed by atoms with van der Waals surface area (Å²) >= 11 is 0. The van der Waals surface area contributed by atoms with Crippen LogP contribution < -0.4 is 5.32 Å². The largest absolute Gasteiger partial charge is 0.394 e. The lowest BCUT2D eigenvalue weighted by Crippen LogP contribution is -2.46. The van der Waals surface area contributed by atoms with Crippen LogP contribution in [-0.4, -0.2) is 46.1 Å². The van der Waals surface area contributed by atoms with Crippen molar-refractivity contribution < 1.29 is 20.1 Å². The zero-order valence-corrected chi connectivity index (χ0v) is 49.8. The molecule has 0 aliphatic heterocycles. The number of hydrogen-bond donors (Lipinski definition) is 4. The normalized spacial score (nSPS) is 13.2. The fraction of sp³-hybridized carbons (Fsp3) is 0.926. The van der Waals surface area contributed by atoms with Gasteiger partial charge in [-0.3, -0.25) is 4.79 Å². The topological polar surface area (TPSA) is 89.8 Å². The molecule has 3 atom stereocenters. The van der Waals surface area contributed by atoms with Crippen molar-refractivity contribution in [2.45, 2.75) is 398 Å². The maximum absolute atomic E-state index is 12.6. The molecule has 0 fully saturated rings. The number of carbonyl (C=O) groups is 1. The van der Waals surface area contributed by atoms with Gasteiger partial charge in [0.2, 0.25) is 5.91 Å². The van der Waals surface area contributed by atoms with Gasteiger partial charge in [-0.15, -0.1) is 0 Å². The molecule has 0 aliphatic rings. The van der Waals surface area contributed by atoms with E-state index in [1.165, 1.54) is 315 Å². The van der Waals surface area contributed by atoms with E-state index < -0.39 is 18.2 Å². The van der Waals surface area contributed by atoms with Gasteiger partial charge in [0.05, 0.1) is 31.3 Å². The zero-order chi connectivity index (χ0) is 52.9. The van der Waals surface area contributed by atoms with Gasteiger partial charge in [0.25, 0.3) is 0 Å². The fourth-order valence-corrected chi connectivity index (χ4v) is 10.9. The average molecular weight is 1030 g/mol. The summed E-state index contributed by atoms with van der Waals surface area (Å²) < 4.78 is 0. The summed E-state index contributed by atoms with van der Waals surface area (Å²) in [4.78, 5) is 12.6. The molecule has 5 nitrogen and oxygen atoms in total. The first kappa shape index (κ1) is 71.8. The van der Waals surface area contributed by atoms with Crippen molar-refractivity contribution in [2.75, 3.05) is 6.61 Å². The third-order valence-electron chi connectivity index (χ3n) is 16.0. The fourth-order valence-electron chi connectivity index (χ4n) is 10.9. The minimum atomic E-state index is -0.750. The Kier molecular flexibility index (Phi) is 62.3. The van der Waals surface area contributed by atoms with E-state index in [1.54, 1.807) is 0 Å². The Morgan fingerprint density at radius 2 is 0.589 bits per heavy atom. The number of aliphatic hydroxyl groups excluding tert-OH is 3. The highest BCUT2D eigenvalue weighted by atomic mass is 16.3. The Morgan fingerprint density at radius 1 is 0.342 bits per heavy atom. The van der Waals surface area contributed by atoms with Crippen molar-refractivity contribution in [2.24, 2.45) is 0 Å². The van der Waals surface area contributed by atoms with Gasteiger partial charge in [-0.2, -0.15) is 0 Å². The third-order valence-corrected chi connectivity index (χ3v) is 16.0.